The van der Waals surface area contributed by atoms with Crippen LogP contribution < -0.4 is 0 Å². The average molecular weight is 903 g/mol. The first-order chi connectivity index (χ1) is 31.8. The monoisotopic (exact) mass is 902 g/mol. The van der Waals surface area contributed by atoms with Crippen LogP contribution in [0.1, 0.15) is 116 Å². The van der Waals surface area contributed by atoms with E-state index in [1.54, 1.807) is 0 Å². The zero-order valence-electron chi connectivity index (χ0n) is 41.0. The summed E-state index contributed by atoms with van der Waals surface area (Å²) in [5.74, 6) is 0. The maximum absolute atomic E-state index is 14.0. The number of alkyl halides is 3. The van der Waals surface area contributed by atoms with Crippen LogP contribution in [-0.2, 0) is 27.8 Å². The van der Waals surface area contributed by atoms with Crippen molar-refractivity contribution in [1.82, 2.24) is 9.13 Å². The Morgan fingerprint density at radius 1 is 0.426 bits per heavy atom. The Morgan fingerprint density at radius 3 is 1.13 bits per heavy atom. The Morgan fingerprint density at radius 2 is 0.779 bits per heavy atom. The van der Waals surface area contributed by atoms with Gasteiger partial charge in [-0.25, -0.2) is 4.85 Å². The van der Waals surface area contributed by atoms with Gasteiger partial charge in [0.15, 0.2) is 5.69 Å². The standard InChI is InChI=1S/C61H57F3N4/c1-57(2,3)38-17-24-51-46(30-38)47-31-39(58(4,5)6)18-25-52(47)67(51)55-28-36(35-65)14-21-44(55)45-22-15-37(43-23-16-42(61(62,63)64)34-50(43)66-13)29-56(45)68-53-26-19-40(59(7,8)9)32-48(53)49-33-41(60(10,11)12)20-27-54(49)68/h14-34H,1-12H3. The molecule has 0 radical (unpaired) electrons. The van der Waals surface area contributed by atoms with Crippen molar-refractivity contribution >= 4 is 49.3 Å². The number of benzene rings is 7. The maximum atomic E-state index is 14.0. The van der Waals surface area contributed by atoms with Gasteiger partial charge < -0.3 is 9.13 Å². The maximum Gasteiger partial charge on any atom is 0.415 e. The number of fused-ring (bicyclic) bond motifs is 6. The molecule has 0 amide bonds. The van der Waals surface area contributed by atoms with Crippen LogP contribution in [0.2, 0.25) is 0 Å². The summed E-state index contributed by atoms with van der Waals surface area (Å²) >= 11 is 0. The van der Waals surface area contributed by atoms with E-state index in [-0.39, 0.29) is 27.3 Å². The summed E-state index contributed by atoms with van der Waals surface area (Å²) < 4.78 is 46.7. The number of rotatable bonds is 4. The van der Waals surface area contributed by atoms with Crippen LogP contribution in [0, 0.1) is 17.9 Å². The summed E-state index contributed by atoms with van der Waals surface area (Å²) in [6.07, 6.45) is -4.60. The van der Waals surface area contributed by atoms with E-state index in [1.165, 1.54) is 28.3 Å². The third-order valence-corrected chi connectivity index (χ3v) is 13.6. The van der Waals surface area contributed by atoms with E-state index in [0.717, 1.165) is 78.2 Å². The predicted molar refractivity (Wildman–Crippen MR) is 277 cm³/mol. The summed E-state index contributed by atoms with van der Waals surface area (Å²) in [4.78, 5) is 3.64. The molecule has 68 heavy (non-hydrogen) atoms. The minimum atomic E-state index is -4.60. The van der Waals surface area contributed by atoms with Crippen molar-refractivity contribution in [2.24, 2.45) is 0 Å². The van der Waals surface area contributed by atoms with E-state index < -0.39 is 11.7 Å². The molecule has 342 valence electrons. The molecule has 0 unspecified atom stereocenters. The molecule has 0 aliphatic carbocycles. The van der Waals surface area contributed by atoms with E-state index in [4.69, 9.17) is 6.57 Å². The Hall–Kier alpha value is -7.09. The fraction of sp³-hybridized carbons (Fsp3) is 0.279. The molecular formula is C61H57F3N4. The lowest BCUT2D eigenvalue weighted by molar-refractivity contribution is -0.137. The molecule has 0 bridgehead atoms. The molecule has 9 rings (SSSR count). The highest BCUT2D eigenvalue weighted by atomic mass is 19.4. The minimum absolute atomic E-state index is 0.0843. The minimum Gasteiger partial charge on any atom is -0.309 e. The topological polar surface area (TPSA) is 38.0 Å². The number of nitrogens with zero attached hydrogens (tertiary/aromatic N) is 4. The Kier molecular flexibility index (Phi) is 10.7. The van der Waals surface area contributed by atoms with Crippen LogP contribution >= 0.6 is 0 Å². The second kappa shape index (κ2) is 15.7. The van der Waals surface area contributed by atoms with Crippen molar-refractivity contribution in [3.8, 4) is 39.7 Å². The smallest absolute Gasteiger partial charge is 0.309 e. The van der Waals surface area contributed by atoms with Gasteiger partial charge in [0, 0.05) is 38.2 Å². The number of hydrogen-bond acceptors (Lipinski definition) is 1. The zero-order valence-corrected chi connectivity index (χ0v) is 41.0. The first-order valence-corrected chi connectivity index (χ1v) is 23.2. The molecule has 0 saturated heterocycles. The van der Waals surface area contributed by atoms with Crippen LogP contribution in [0.3, 0.4) is 0 Å². The van der Waals surface area contributed by atoms with Crippen molar-refractivity contribution in [2.45, 2.75) is 111 Å². The quantitative estimate of drug-likeness (QED) is 0.162. The van der Waals surface area contributed by atoms with Gasteiger partial charge in [0.1, 0.15) is 0 Å². The van der Waals surface area contributed by atoms with Gasteiger partial charge in [0.05, 0.1) is 51.6 Å². The lowest BCUT2D eigenvalue weighted by Gasteiger charge is -2.22. The molecule has 9 aromatic rings. The fourth-order valence-corrected chi connectivity index (χ4v) is 9.60. The number of hydrogen-bond donors (Lipinski definition) is 0. The Balaban J connectivity index is 1.43. The van der Waals surface area contributed by atoms with Gasteiger partial charge in [-0.05, 0) is 128 Å². The van der Waals surface area contributed by atoms with Crippen LogP contribution in [0.25, 0.3) is 82.1 Å². The molecule has 4 nitrogen and oxygen atoms in total. The van der Waals surface area contributed by atoms with Gasteiger partial charge in [0.25, 0.3) is 0 Å². The van der Waals surface area contributed by atoms with Crippen LogP contribution in [-0.4, -0.2) is 9.13 Å². The van der Waals surface area contributed by atoms with Gasteiger partial charge in [-0.15, -0.1) is 0 Å². The van der Waals surface area contributed by atoms with Gasteiger partial charge >= 0.3 is 6.18 Å². The first-order valence-electron chi connectivity index (χ1n) is 23.2. The molecule has 0 aliphatic heterocycles. The summed E-state index contributed by atoms with van der Waals surface area (Å²) in [5, 5.41) is 14.9. The molecule has 0 spiro atoms. The Bertz CT molecular complexity index is 3470. The second-order valence-corrected chi connectivity index (χ2v) is 22.5. The number of halogens is 3. The molecule has 0 saturated carbocycles. The van der Waals surface area contributed by atoms with Gasteiger partial charge in [-0.1, -0.05) is 138 Å². The summed E-state index contributed by atoms with van der Waals surface area (Å²) in [5.41, 5.74) is 12.1. The third-order valence-electron chi connectivity index (χ3n) is 13.6. The number of aromatic nitrogens is 2. The second-order valence-electron chi connectivity index (χ2n) is 22.5. The van der Waals surface area contributed by atoms with E-state index in [1.807, 2.05) is 36.4 Å². The molecule has 0 aliphatic rings. The van der Waals surface area contributed by atoms with Crippen molar-refractivity contribution in [1.29, 1.82) is 5.26 Å². The highest BCUT2D eigenvalue weighted by Gasteiger charge is 2.32. The molecule has 7 heteroatoms. The molecule has 2 aromatic heterocycles. The largest absolute Gasteiger partial charge is 0.415 e. The molecule has 7 aromatic carbocycles. The summed E-state index contributed by atoms with van der Waals surface area (Å²) in [6, 6.07) is 44.3. The average Bonchev–Trinajstić information content (AvgIpc) is 3.78. The van der Waals surface area contributed by atoms with Crippen LogP contribution in [0.4, 0.5) is 18.9 Å². The third kappa shape index (κ3) is 7.92. The predicted octanol–water partition coefficient (Wildman–Crippen LogP) is 17.8. The Labute approximate surface area is 398 Å². The number of nitriles is 1. The molecule has 0 N–H and O–H groups in total. The first kappa shape index (κ1) is 46.0. The normalized spacial score (nSPS) is 12.9. The van der Waals surface area contributed by atoms with Crippen molar-refractivity contribution in [2.75, 3.05) is 0 Å². The highest BCUT2D eigenvalue weighted by Crippen LogP contribution is 2.46. The van der Waals surface area contributed by atoms with Crippen molar-refractivity contribution < 1.29 is 13.2 Å². The summed E-state index contributed by atoms with van der Waals surface area (Å²) in [7, 11) is 0. The van der Waals surface area contributed by atoms with Gasteiger partial charge in [-0.3, -0.25) is 0 Å². The molecule has 2 heterocycles. The van der Waals surface area contributed by atoms with E-state index in [2.05, 4.69) is 176 Å². The van der Waals surface area contributed by atoms with Crippen LogP contribution in [0.15, 0.2) is 127 Å². The molecule has 0 fully saturated rings. The lowest BCUT2D eigenvalue weighted by Crippen LogP contribution is -2.10. The van der Waals surface area contributed by atoms with Crippen molar-refractivity contribution in [3.05, 3.63) is 172 Å². The molecular weight excluding hydrogens is 846 g/mol. The lowest BCUT2D eigenvalue weighted by atomic mass is 9.85. The SMILES string of the molecule is [C-]#[N+]c1cc(C(F)(F)F)ccc1-c1ccc(-c2ccc(C#N)cc2-n2c3ccc(C(C)(C)C)cc3c3cc(C(C)(C)C)ccc32)c(-n2c3ccc(C(C)(C)C)cc3c3cc(C(C)(C)C)ccc32)c1. The van der Waals surface area contributed by atoms with E-state index >= 15 is 0 Å². The zero-order chi connectivity index (χ0) is 49.0. The van der Waals surface area contributed by atoms with Gasteiger partial charge in [0.2, 0.25) is 0 Å². The highest BCUT2D eigenvalue weighted by molar-refractivity contribution is 6.12. The molecule has 0 atom stereocenters. The van der Waals surface area contributed by atoms with E-state index in [9.17, 15) is 18.4 Å². The van der Waals surface area contributed by atoms with Crippen molar-refractivity contribution in [3.63, 3.8) is 0 Å². The fourth-order valence-electron chi connectivity index (χ4n) is 9.60. The van der Waals surface area contributed by atoms with Gasteiger partial charge in [-0.2, -0.15) is 18.4 Å². The van der Waals surface area contributed by atoms with E-state index in [0.29, 0.717) is 16.7 Å². The van der Waals surface area contributed by atoms with Crippen LogP contribution in [0.5, 0.6) is 0 Å². The summed E-state index contributed by atoms with van der Waals surface area (Å²) in [6.45, 7) is 34.7.